The molecule has 0 bridgehead atoms. The van der Waals surface area contributed by atoms with Crippen molar-refractivity contribution < 1.29 is 4.79 Å². The highest BCUT2D eigenvalue weighted by atomic mass is 32.1. The molecule has 2 aromatic rings. The molecule has 1 aromatic carbocycles. The Bertz CT molecular complexity index is 539. The van der Waals surface area contributed by atoms with Crippen molar-refractivity contribution in [2.75, 3.05) is 18.0 Å². The average molecular weight is 302 g/mol. The van der Waals surface area contributed by atoms with Crippen molar-refractivity contribution >= 4 is 22.2 Å². The second-order valence-corrected chi connectivity index (χ2v) is 6.10. The quantitative estimate of drug-likeness (QED) is 0.851. The van der Waals surface area contributed by atoms with Gasteiger partial charge >= 0.3 is 0 Å². The van der Waals surface area contributed by atoms with E-state index in [1.807, 2.05) is 28.5 Å². The molecule has 0 aliphatic heterocycles. The predicted octanol–water partition coefficient (Wildman–Crippen LogP) is 3.32. The minimum Gasteiger partial charge on any atom is -0.312 e. The third-order valence-corrected chi connectivity index (χ3v) is 4.25. The summed E-state index contributed by atoms with van der Waals surface area (Å²) in [7, 11) is 0. The highest BCUT2D eigenvalue weighted by molar-refractivity contribution is 7.14. The van der Waals surface area contributed by atoms with Gasteiger partial charge in [0, 0.05) is 19.5 Å². The van der Waals surface area contributed by atoms with Crippen LogP contribution in [0.3, 0.4) is 0 Å². The van der Waals surface area contributed by atoms with Crippen molar-refractivity contribution in [2.24, 2.45) is 0 Å². The van der Waals surface area contributed by atoms with Crippen LogP contribution in [0, 0.1) is 0 Å². The van der Waals surface area contributed by atoms with Gasteiger partial charge in [-0.2, -0.15) is 0 Å². The fourth-order valence-electron chi connectivity index (χ4n) is 2.24. The highest BCUT2D eigenvalue weighted by Crippen LogP contribution is 2.21. The average Bonchev–Trinajstić information content (AvgIpc) is 2.99. The van der Waals surface area contributed by atoms with Crippen LogP contribution in [0.4, 0.5) is 5.00 Å². The Morgan fingerprint density at radius 1 is 1.24 bits per heavy atom. The number of carbonyl (C=O) groups is 1. The van der Waals surface area contributed by atoms with Crippen LogP contribution in [-0.2, 0) is 11.2 Å². The lowest BCUT2D eigenvalue weighted by Crippen LogP contribution is -2.41. The molecule has 0 radical (unpaired) electrons. The van der Waals surface area contributed by atoms with Crippen molar-refractivity contribution in [2.45, 2.75) is 26.3 Å². The first kappa shape index (κ1) is 15.7. The Balaban J connectivity index is 1.80. The van der Waals surface area contributed by atoms with Crippen LogP contribution in [0.25, 0.3) is 0 Å². The maximum atomic E-state index is 11.8. The lowest BCUT2D eigenvalue weighted by Gasteiger charge is -2.24. The summed E-state index contributed by atoms with van der Waals surface area (Å²) in [5, 5.41) is 6.50. The molecule has 21 heavy (non-hydrogen) atoms. The van der Waals surface area contributed by atoms with Crippen LogP contribution >= 0.6 is 11.3 Å². The summed E-state index contributed by atoms with van der Waals surface area (Å²) >= 11 is 1.60. The van der Waals surface area contributed by atoms with Crippen molar-refractivity contribution in [3.8, 4) is 0 Å². The summed E-state index contributed by atoms with van der Waals surface area (Å²) in [5.74, 6) is 0.0918. The maximum absolute atomic E-state index is 11.8. The summed E-state index contributed by atoms with van der Waals surface area (Å²) in [5.41, 5.74) is 1.33. The number of hydrogen-bond donors (Lipinski definition) is 1. The Labute approximate surface area is 130 Å². The first-order valence-corrected chi connectivity index (χ1v) is 8.13. The first-order chi connectivity index (χ1) is 10.2. The fraction of sp³-hybridized carbons (Fsp3) is 0.353. The van der Waals surface area contributed by atoms with Crippen LogP contribution in [-0.4, -0.2) is 25.0 Å². The molecule has 1 unspecified atom stereocenters. The van der Waals surface area contributed by atoms with Gasteiger partial charge in [-0.05, 0) is 43.0 Å². The molecule has 112 valence electrons. The monoisotopic (exact) mass is 302 g/mol. The lowest BCUT2D eigenvalue weighted by atomic mass is 10.1. The summed E-state index contributed by atoms with van der Waals surface area (Å²) in [6, 6.07) is 14.7. The zero-order valence-corrected chi connectivity index (χ0v) is 13.4. The van der Waals surface area contributed by atoms with Gasteiger partial charge in [-0.3, -0.25) is 4.79 Å². The molecule has 1 N–H and O–H groups in total. The van der Waals surface area contributed by atoms with E-state index < -0.39 is 0 Å². The van der Waals surface area contributed by atoms with Gasteiger partial charge in [-0.25, -0.2) is 0 Å². The van der Waals surface area contributed by atoms with Crippen LogP contribution in [0.1, 0.15) is 19.4 Å². The molecule has 0 aliphatic carbocycles. The number of benzene rings is 1. The minimum absolute atomic E-state index is 0.0918. The first-order valence-electron chi connectivity index (χ1n) is 7.25. The van der Waals surface area contributed by atoms with E-state index >= 15 is 0 Å². The lowest BCUT2D eigenvalue weighted by molar-refractivity contribution is -0.116. The van der Waals surface area contributed by atoms with Crippen LogP contribution in [0.15, 0.2) is 47.8 Å². The van der Waals surface area contributed by atoms with Crippen molar-refractivity contribution in [3.63, 3.8) is 0 Å². The minimum atomic E-state index is 0.0918. The molecule has 4 heteroatoms. The van der Waals surface area contributed by atoms with Crippen LogP contribution < -0.4 is 10.2 Å². The molecule has 0 spiro atoms. The van der Waals surface area contributed by atoms with Gasteiger partial charge in [0.25, 0.3) is 0 Å². The van der Waals surface area contributed by atoms with Gasteiger partial charge in [0.1, 0.15) is 0 Å². The van der Waals surface area contributed by atoms with E-state index in [1.54, 1.807) is 18.3 Å². The number of hydrogen-bond acceptors (Lipinski definition) is 3. The number of nitrogens with one attached hydrogen (secondary N) is 1. The summed E-state index contributed by atoms with van der Waals surface area (Å²) < 4.78 is 0. The van der Waals surface area contributed by atoms with E-state index in [0.29, 0.717) is 6.54 Å². The molecular formula is C17H22N2OS. The van der Waals surface area contributed by atoms with Crippen molar-refractivity contribution in [3.05, 3.63) is 53.4 Å². The van der Waals surface area contributed by atoms with Crippen molar-refractivity contribution in [1.82, 2.24) is 5.32 Å². The molecule has 1 heterocycles. The highest BCUT2D eigenvalue weighted by Gasteiger charge is 2.15. The Morgan fingerprint density at radius 2 is 2.00 bits per heavy atom. The maximum Gasteiger partial charge on any atom is 0.224 e. The molecular weight excluding hydrogens is 280 g/mol. The van der Waals surface area contributed by atoms with E-state index in [0.717, 1.165) is 18.0 Å². The van der Waals surface area contributed by atoms with E-state index in [2.05, 4.69) is 36.5 Å². The van der Waals surface area contributed by atoms with Crippen molar-refractivity contribution in [1.29, 1.82) is 0 Å². The smallest absolute Gasteiger partial charge is 0.224 e. The van der Waals surface area contributed by atoms with Crippen LogP contribution in [0.2, 0.25) is 0 Å². The molecule has 0 aliphatic rings. The van der Waals surface area contributed by atoms with Gasteiger partial charge in [0.05, 0.1) is 5.00 Å². The van der Waals surface area contributed by atoms with Gasteiger partial charge in [0.2, 0.25) is 5.91 Å². The molecule has 2 rings (SSSR count). The Hall–Kier alpha value is -1.65. The molecule has 1 aromatic heterocycles. The number of thiophene rings is 1. The number of nitrogens with zero attached hydrogens (tertiary/aromatic N) is 1. The molecule has 3 nitrogen and oxygen atoms in total. The van der Waals surface area contributed by atoms with Crippen LogP contribution in [0.5, 0.6) is 0 Å². The zero-order chi connectivity index (χ0) is 15.1. The standard InChI is InChI=1S/C17H22N2OS/c1-14(18-11-10-16-7-4-3-5-8-16)13-19(15(2)20)17-9-6-12-21-17/h3-9,12,14,18H,10-11,13H2,1-2H3. The second-order valence-electron chi connectivity index (χ2n) is 5.17. The van der Waals surface area contributed by atoms with Gasteiger partial charge < -0.3 is 10.2 Å². The molecule has 0 saturated carbocycles. The number of rotatable bonds is 7. The predicted molar refractivity (Wildman–Crippen MR) is 90.0 cm³/mol. The third-order valence-electron chi connectivity index (χ3n) is 3.36. The fourth-order valence-corrected chi connectivity index (χ4v) is 3.03. The summed E-state index contributed by atoms with van der Waals surface area (Å²) in [6.07, 6.45) is 1.00. The van der Waals surface area contributed by atoms with E-state index in [-0.39, 0.29) is 11.9 Å². The summed E-state index contributed by atoms with van der Waals surface area (Å²) in [6.45, 7) is 5.36. The normalized spacial score (nSPS) is 12.1. The molecule has 0 fully saturated rings. The second kappa shape index (κ2) is 7.96. The van der Waals surface area contributed by atoms with Gasteiger partial charge in [-0.1, -0.05) is 30.3 Å². The zero-order valence-electron chi connectivity index (χ0n) is 12.6. The SMILES string of the molecule is CC(=O)N(CC(C)NCCc1ccccc1)c1cccs1. The molecule has 1 amide bonds. The Morgan fingerprint density at radius 3 is 2.62 bits per heavy atom. The van der Waals surface area contributed by atoms with E-state index in [1.165, 1.54) is 5.56 Å². The number of anilines is 1. The number of carbonyl (C=O) groups excluding carboxylic acids is 1. The van der Waals surface area contributed by atoms with Gasteiger partial charge in [0.15, 0.2) is 0 Å². The van der Waals surface area contributed by atoms with E-state index in [9.17, 15) is 4.79 Å². The van der Waals surface area contributed by atoms with E-state index in [4.69, 9.17) is 0 Å². The molecule has 1 atom stereocenters. The molecule has 0 saturated heterocycles. The topological polar surface area (TPSA) is 32.3 Å². The Kier molecular flexibility index (Phi) is 5.96. The summed E-state index contributed by atoms with van der Waals surface area (Å²) in [4.78, 5) is 13.6. The third kappa shape index (κ3) is 4.99. The number of amides is 1. The van der Waals surface area contributed by atoms with Gasteiger partial charge in [-0.15, -0.1) is 11.3 Å². The largest absolute Gasteiger partial charge is 0.312 e.